The molecule has 6 heteroatoms. The van der Waals surface area contributed by atoms with E-state index in [9.17, 15) is 0 Å². The van der Waals surface area contributed by atoms with Crippen LogP contribution in [0.4, 0.5) is 5.69 Å². The molecular formula is C15H14BrN5. The van der Waals surface area contributed by atoms with Crippen LogP contribution in [0.3, 0.4) is 0 Å². The Morgan fingerprint density at radius 3 is 2.76 bits per heavy atom. The number of hydrogen-bond acceptors (Lipinski definition) is 4. The van der Waals surface area contributed by atoms with E-state index >= 15 is 0 Å². The highest BCUT2D eigenvalue weighted by Crippen LogP contribution is 2.20. The van der Waals surface area contributed by atoms with Crippen molar-refractivity contribution >= 4 is 21.6 Å². The predicted molar refractivity (Wildman–Crippen MR) is 85.7 cm³/mol. The number of tetrazole rings is 1. The topological polar surface area (TPSA) is 55.6 Å². The van der Waals surface area contributed by atoms with Gasteiger partial charge in [0.1, 0.15) is 0 Å². The maximum absolute atomic E-state index is 4.02. The van der Waals surface area contributed by atoms with Gasteiger partial charge < -0.3 is 5.32 Å². The van der Waals surface area contributed by atoms with Crippen molar-refractivity contribution in [3.05, 3.63) is 58.6 Å². The minimum absolute atomic E-state index is 0.751. The van der Waals surface area contributed by atoms with Crippen LogP contribution in [0.2, 0.25) is 0 Å². The molecule has 0 aliphatic rings. The molecule has 0 bridgehead atoms. The third kappa shape index (κ3) is 3.28. The van der Waals surface area contributed by atoms with Crippen molar-refractivity contribution < 1.29 is 0 Å². The number of anilines is 1. The first-order valence-electron chi connectivity index (χ1n) is 6.53. The number of nitrogens with one attached hydrogen (secondary N) is 1. The fourth-order valence-corrected chi connectivity index (χ4v) is 2.54. The molecule has 0 radical (unpaired) electrons. The third-order valence-corrected chi connectivity index (χ3v) is 3.62. The lowest BCUT2D eigenvalue weighted by Gasteiger charge is -2.08. The Labute approximate surface area is 131 Å². The van der Waals surface area contributed by atoms with E-state index in [2.05, 4.69) is 48.9 Å². The van der Waals surface area contributed by atoms with Crippen LogP contribution < -0.4 is 5.32 Å². The second-order valence-corrected chi connectivity index (χ2v) is 5.61. The van der Waals surface area contributed by atoms with Gasteiger partial charge >= 0.3 is 0 Å². The zero-order chi connectivity index (χ0) is 14.7. The molecule has 0 aliphatic carbocycles. The lowest BCUT2D eigenvalue weighted by molar-refractivity contribution is 0.714. The molecule has 0 spiro atoms. The number of aromatic nitrogens is 4. The van der Waals surface area contributed by atoms with Gasteiger partial charge in [0.05, 0.1) is 0 Å². The van der Waals surface area contributed by atoms with E-state index in [-0.39, 0.29) is 0 Å². The molecule has 0 saturated carbocycles. The fraction of sp³-hybridized carbons (Fsp3) is 0.133. The largest absolute Gasteiger partial charge is 0.381 e. The first kappa shape index (κ1) is 13.8. The number of halogens is 1. The normalized spacial score (nSPS) is 10.6. The fourth-order valence-electron chi connectivity index (χ4n) is 2.09. The van der Waals surface area contributed by atoms with E-state index in [4.69, 9.17) is 0 Å². The van der Waals surface area contributed by atoms with Crippen molar-refractivity contribution in [3.63, 3.8) is 0 Å². The molecule has 1 heterocycles. The van der Waals surface area contributed by atoms with Crippen LogP contribution in [0, 0.1) is 0 Å². The van der Waals surface area contributed by atoms with Gasteiger partial charge in [-0.1, -0.05) is 40.2 Å². The van der Waals surface area contributed by atoms with Gasteiger partial charge in [-0.25, -0.2) is 4.68 Å². The van der Waals surface area contributed by atoms with Crippen molar-refractivity contribution in [2.75, 3.05) is 5.32 Å². The zero-order valence-corrected chi connectivity index (χ0v) is 13.1. The standard InChI is InChI=1S/C15H14BrN5/c1-21-15(18-19-20-21)12-5-3-7-14(9-12)17-10-11-4-2-6-13(16)8-11/h2-9,17H,10H2,1H3. The summed E-state index contributed by atoms with van der Waals surface area (Å²) in [5.74, 6) is 0.751. The average Bonchev–Trinajstić information content (AvgIpc) is 2.92. The summed E-state index contributed by atoms with van der Waals surface area (Å²) >= 11 is 3.48. The van der Waals surface area contributed by atoms with Crippen LogP contribution in [-0.2, 0) is 13.6 Å². The minimum Gasteiger partial charge on any atom is -0.381 e. The third-order valence-electron chi connectivity index (χ3n) is 3.13. The molecule has 0 unspecified atom stereocenters. The Kier molecular flexibility index (Phi) is 3.96. The molecule has 3 aromatic rings. The number of nitrogens with zero attached hydrogens (tertiary/aromatic N) is 4. The summed E-state index contributed by atoms with van der Waals surface area (Å²) < 4.78 is 2.74. The molecular weight excluding hydrogens is 330 g/mol. The predicted octanol–water partition coefficient (Wildman–Crippen LogP) is 3.25. The number of benzene rings is 2. The first-order valence-corrected chi connectivity index (χ1v) is 7.33. The van der Waals surface area contributed by atoms with Crippen LogP contribution in [0.1, 0.15) is 5.56 Å². The highest BCUT2D eigenvalue weighted by Gasteiger charge is 2.06. The lowest BCUT2D eigenvalue weighted by Crippen LogP contribution is -2.00. The maximum atomic E-state index is 4.02. The first-order chi connectivity index (χ1) is 10.2. The van der Waals surface area contributed by atoms with Gasteiger partial charge in [0.2, 0.25) is 0 Å². The van der Waals surface area contributed by atoms with Crippen LogP contribution >= 0.6 is 15.9 Å². The lowest BCUT2D eigenvalue weighted by atomic mass is 10.1. The highest BCUT2D eigenvalue weighted by atomic mass is 79.9. The molecule has 1 aromatic heterocycles. The monoisotopic (exact) mass is 343 g/mol. The molecule has 3 rings (SSSR count). The molecule has 2 aromatic carbocycles. The Hall–Kier alpha value is -2.21. The molecule has 0 saturated heterocycles. The average molecular weight is 344 g/mol. The number of hydrogen-bond donors (Lipinski definition) is 1. The molecule has 106 valence electrons. The number of rotatable bonds is 4. The molecule has 0 aliphatic heterocycles. The van der Waals surface area contributed by atoms with Gasteiger partial charge in [-0.15, -0.1) is 5.10 Å². The summed E-state index contributed by atoms with van der Waals surface area (Å²) in [6, 6.07) is 16.3. The van der Waals surface area contributed by atoms with E-state index in [1.54, 1.807) is 4.68 Å². The second-order valence-electron chi connectivity index (χ2n) is 4.69. The van der Waals surface area contributed by atoms with Crippen LogP contribution in [0.25, 0.3) is 11.4 Å². The van der Waals surface area contributed by atoms with Crippen molar-refractivity contribution in [3.8, 4) is 11.4 Å². The SMILES string of the molecule is Cn1nnnc1-c1cccc(NCc2cccc(Br)c2)c1. The van der Waals surface area contributed by atoms with Crippen LogP contribution in [0.15, 0.2) is 53.0 Å². The molecule has 5 nitrogen and oxygen atoms in total. The minimum atomic E-state index is 0.751. The van der Waals surface area contributed by atoms with Gasteiger partial charge in [0.15, 0.2) is 5.82 Å². The molecule has 0 amide bonds. The summed E-state index contributed by atoms with van der Waals surface area (Å²) in [5, 5.41) is 15.0. The zero-order valence-electron chi connectivity index (χ0n) is 11.5. The summed E-state index contributed by atoms with van der Waals surface area (Å²) in [6.07, 6.45) is 0. The van der Waals surface area contributed by atoms with E-state index < -0.39 is 0 Å². The van der Waals surface area contributed by atoms with Gasteiger partial charge in [-0.2, -0.15) is 0 Å². The van der Waals surface area contributed by atoms with Crippen LogP contribution in [-0.4, -0.2) is 20.2 Å². The molecule has 0 atom stereocenters. The Morgan fingerprint density at radius 2 is 2.00 bits per heavy atom. The van der Waals surface area contributed by atoms with E-state index in [0.717, 1.165) is 28.1 Å². The Balaban J connectivity index is 1.76. The van der Waals surface area contributed by atoms with Crippen molar-refractivity contribution in [1.82, 2.24) is 20.2 Å². The summed E-state index contributed by atoms with van der Waals surface area (Å²) in [6.45, 7) is 0.764. The number of aryl methyl sites for hydroxylation is 1. The van der Waals surface area contributed by atoms with Crippen molar-refractivity contribution in [2.45, 2.75) is 6.54 Å². The Morgan fingerprint density at radius 1 is 1.14 bits per heavy atom. The Bertz CT molecular complexity index is 753. The molecule has 21 heavy (non-hydrogen) atoms. The molecule has 0 fully saturated rings. The van der Waals surface area contributed by atoms with Gasteiger partial charge in [-0.05, 0) is 40.3 Å². The van der Waals surface area contributed by atoms with Gasteiger partial charge in [-0.3, -0.25) is 0 Å². The van der Waals surface area contributed by atoms with E-state index in [1.165, 1.54) is 5.56 Å². The van der Waals surface area contributed by atoms with Gasteiger partial charge in [0.25, 0.3) is 0 Å². The maximum Gasteiger partial charge on any atom is 0.181 e. The van der Waals surface area contributed by atoms with Gasteiger partial charge in [0, 0.05) is 29.3 Å². The molecule has 1 N–H and O–H groups in total. The highest BCUT2D eigenvalue weighted by molar-refractivity contribution is 9.10. The summed E-state index contributed by atoms with van der Waals surface area (Å²) in [4.78, 5) is 0. The van der Waals surface area contributed by atoms with Crippen LogP contribution in [0.5, 0.6) is 0 Å². The van der Waals surface area contributed by atoms with Crippen molar-refractivity contribution in [2.24, 2.45) is 7.05 Å². The summed E-state index contributed by atoms with van der Waals surface area (Å²) in [5.41, 5.74) is 3.24. The second kappa shape index (κ2) is 6.05. The summed E-state index contributed by atoms with van der Waals surface area (Å²) in [7, 11) is 1.83. The van der Waals surface area contributed by atoms with E-state index in [0.29, 0.717) is 0 Å². The smallest absolute Gasteiger partial charge is 0.181 e. The quantitative estimate of drug-likeness (QED) is 0.789. The van der Waals surface area contributed by atoms with Crippen molar-refractivity contribution in [1.29, 1.82) is 0 Å². The van der Waals surface area contributed by atoms with E-state index in [1.807, 2.05) is 43.4 Å².